The van der Waals surface area contributed by atoms with E-state index in [1.54, 1.807) is 0 Å². The van der Waals surface area contributed by atoms with Crippen molar-refractivity contribution in [3.8, 4) is 0 Å². The van der Waals surface area contributed by atoms with Crippen molar-refractivity contribution in [3.63, 3.8) is 0 Å². The molecule has 0 aromatic carbocycles. The van der Waals surface area contributed by atoms with Gasteiger partial charge in [0.1, 0.15) is 0 Å². The molecule has 0 radical (unpaired) electrons. The van der Waals surface area contributed by atoms with Gasteiger partial charge in [-0.15, -0.1) is 11.6 Å². The summed E-state index contributed by atoms with van der Waals surface area (Å²) < 4.78 is 19.2. The molecule has 0 aromatic heterocycles. The van der Waals surface area contributed by atoms with Crippen LogP contribution in [-0.4, -0.2) is 25.1 Å². The lowest BCUT2D eigenvalue weighted by Gasteiger charge is -2.06. The van der Waals surface area contributed by atoms with Crippen molar-refractivity contribution in [3.05, 3.63) is 0 Å². The average molecular weight is 233 g/mol. The highest BCUT2D eigenvalue weighted by Crippen LogP contribution is 2.09. The molecule has 0 aliphatic rings. The van der Waals surface area contributed by atoms with E-state index in [4.69, 9.17) is 27.8 Å². The van der Waals surface area contributed by atoms with Crippen molar-refractivity contribution in [2.24, 2.45) is 0 Å². The van der Waals surface area contributed by atoms with Crippen LogP contribution < -0.4 is 0 Å². The molecule has 0 aliphatic carbocycles. The molecule has 1 N–H and O–H groups in total. The van der Waals surface area contributed by atoms with Crippen LogP contribution in [0, 0.1) is 0 Å². The second-order valence-electron chi connectivity index (χ2n) is 2.30. The van der Waals surface area contributed by atoms with Gasteiger partial charge in [0, 0.05) is 12.3 Å². The summed E-state index contributed by atoms with van der Waals surface area (Å²) in [6, 6.07) is 0. The number of hydrogen-bond donors (Lipinski definition) is 1. The standard InChI is InChI=1S/C6H10Cl2O3S/c7-4-5(12(10)11)2-1-3-6(8)9/h5H,1-4H2,(H,10,11). The normalized spacial score (nSPS) is 15.6. The van der Waals surface area contributed by atoms with Gasteiger partial charge in [-0.3, -0.25) is 4.79 Å². The molecular formula is C6H10Cl2O3S. The van der Waals surface area contributed by atoms with E-state index in [1.165, 1.54) is 0 Å². The van der Waals surface area contributed by atoms with Crippen LogP contribution in [0.15, 0.2) is 0 Å². The lowest BCUT2D eigenvalue weighted by atomic mass is 10.2. The smallest absolute Gasteiger partial charge is 0.221 e. The first-order valence-corrected chi connectivity index (χ1v) is 5.50. The molecule has 0 aliphatic heterocycles. The molecule has 0 saturated heterocycles. The lowest BCUT2D eigenvalue weighted by molar-refractivity contribution is -0.111. The number of hydrogen-bond acceptors (Lipinski definition) is 2. The van der Waals surface area contributed by atoms with E-state index in [-0.39, 0.29) is 12.3 Å². The van der Waals surface area contributed by atoms with E-state index in [2.05, 4.69) is 0 Å². The zero-order valence-corrected chi connectivity index (χ0v) is 8.66. The summed E-state index contributed by atoms with van der Waals surface area (Å²) in [4.78, 5) is 10.3. The van der Waals surface area contributed by atoms with Gasteiger partial charge in [-0.1, -0.05) is 0 Å². The molecule has 0 heterocycles. The van der Waals surface area contributed by atoms with Crippen molar-refractivity contribution in [2.45, 2.75) is 24.5 Å². The lowest BCUT2D eigenvalue weighted by Crippen LogP contribution is -2.16. The summed E-state index contributed by atoms with van der Waals surface area (Å²) in [6.45, 7) is 0. The van der Waals surface area contributed by atoms with Crippen LogP contribution in [0.1, 0.15) is 19.3 Å². The molecule has 0 aromatic rings. The first-order chi connectivity index (χ1) is 5.57. The number of rotatable bonds is 6. The van der Waals surface area contributed by atoms with Crippen LogP contribution in [0.5, 0.6) is 0 Å². The van der Waals surface area contributed by atoms with Crippen molar-refractivity contribution >= 4 is 39.5 Å². The minimum Gasteiger partial charge on any atom is -0.306 e. The number of halogens is 2. The maximum Gasteiger partial charge on any atom is 0.221 e. The monoisotopic (exact) mass is 232 g/mol. The highest BCUT2D eigenvalue weighted by Gasteiger charge is 2.13. The van der Waals surface area contributed by atoms with Gasteiger partial charge in [0.15, 0.2) is 11.1 Å². The van der Waals surface area contributed by atoms with Crippen LogP contribution in [-0.2, 0) is 15.9 Å². The molecular weight excluding hydrogens is 223 g/mol. The van der Waals surface area contributed by atoms with Crippen molar-refractivity contribution in [1.29, 1.82) is 0 Å². The average Bonchev–Trinajstić information content (AvgIpc) is 1.96. The topological polar surface area (TPSA) is 54.4 Å². The predicted octanol–water partition coefficient (Wildman–Crippen LogP) is 1.75. The van der Waals surface area contributed by atoms with E-state index >= 15 is 0 Å². The second-order valence-corrected chi connectivity index (χ2v) is 4.25. The second kappa shape index (κ2) is 6.83. The zero-order valence-electron chi connectivity index (χ0n) is 6.33. The molecule has 0 rings (SSSR count). The van der Waals surface area contributed by atoms with E-state index in [1.807, 2.05) is 0 Å². The Hall–Kier alpha value is 0.360. The maximum absolute atomic E-state index is 10.5. The fourth-order valence-electron chi connectivity index (χ4n) is 0.701. The third-order valence-corrected chi connectivity index (χ3v) is 3.07. The Morgan fingerprint density at radius 2 is 2.17 bits per heavy atom. The quantitative estimate of drug-likeness (QED) is 0.432. The number of alkyl halides is 1. The van der Waals surface area contributed by atoms with Crippen LogP contribution in [0.4, 0.5) is 0 Å². The Morgan fingerprint density at radius 3 is 2.50 bits per heavy atom. The van der Waals surface area contributed by atoms with Crippen molar-refractivity contribution in [1.82, 2.24) is 0 Å². The summed E-state index contributed by atoms with van der Waals surface area (Å²) in [5.74, 6) is 0.125. The van der Waals surface area contributed by atoms with Crippen LogP contribution in [0.25, 0.3) is 0 Å². The minimum absolute atomic E-state index is 0.125. The number of carbonyl (C=O) groups excluding carboxylic acids is 1. The van der Waals surface area contributed by atoms with E-state index in [0.29, 0.717) is 12.8 Å². The molecule has 0 amide bonds. The number of carbonyl (C=O) groups is 1. The molecule has 0 fully saturated rings. The highest BCUT2D eigenvalue weighted by molar-refractivity contribution is 7.80. The van der Waals surface area contributed by atoms with Crippen molar-refractivity contribution < 1.29 is 13.6 Å². The first kappa shape index (κ1) is 12.4. The minimum atomic E-state index is -1.90. The van der Waals surface area contributed by atoms with E-state index < -0.39 is 21.6 Å². The molecule has 3 nitrogen and oxygen atoms in total. The predicted molar refractivity (Wildman–Crippen MR) is 50.0 cm³/mol. The summed E-state index contributed by atoms with van der Waals surface area (Å²) in [6.07, 6.45) is 1.18. The first-order valence-electron chi connectivity index (χ1n) is 3.42. The summed E-state index contributed by atoms with van der Waals surface area (Å²) in [5, 5.41) is -0.880. The fraction of sp³-hybridized carbons (Fsp3) is 0.833. The van der Waals surface area contributed by atoms with Gasteiger partial charge in [-0.2, -0.15) is 0 Å². The van der Waals surface area contributed by atoms with Crippen LogP contribution in [0.2, 0.25) is 0 Å². The SMILES string of the molecule is O=C(Cl)CCCC(CCl)S(=O)O. The molecule has 2 unspecified atom stereocenters. The molecule has 0 bridgehead atoms. The van der Waals surface area contributed by atoms with Gasteiger partial charge < -0.3 is 4.55 Å². The van der Waals surface area contributed by atoms with Gasteiger partial charge in [0.05, 0.1) is 5.25 Å². The highest BCUT2D eigenvalue weighted by atomic mass is 35.5. The summed E-state index contributed by atoms with van der Waals surface area (Å²) in [5.41, 5.74) is 0. The zero-order chi connectivity index (χ0) is 9.56. The molecule has 72 valence electrons. The third kappa shape index (κ3) is 5.94. The summed E-state index contributed by atoms with van der Waals surface area (Å²) in [7, 11) is 0. The van der Waals surface area contributed by atoms with E-state index in [9.17, 15) is 9.00 Å². The Balaban J connectivity index is 3.59. The third-order valence-electron chi connectivity index (χ3n) is 1.36. The Morgan fingerprint density at radius 1 is 1.58 bits per heavy atom. The van der Waals surface area contributed by atoms with Gasteiger partial charge in [0.2, 0.25) is 5.24 Å². The van der Waals surface area contributed by atoms with Crippen LogP contribution >= 0.6 is 23.2 Å². The largest absolute Gasteiger partial charge is 0.306 e. The van der Waals surface area contributed by atoms with Crippen LogP contribution in [0.3, 0.4) is 0 Å². The molecule has 2 atom stereocenters. The molecule has 0 spiro atoms. The van der Waals surface area contributed by atoms with Gasteiger partial charge in [0.25, 0.3) is 0 Å². The Kier molecular flexibility index (Phi) is 7.04. The van der Waals surface area contributed by atoms with E-state index in [0.717, 1.165) is 0 Å². The maximum atomic E-state index is 10.5. The van der Waals surface area contributed by atoms with Gasteiger partial charge in [-0.05, 0) is 24.4 Å². The van der Waals surface area contributed by atoms with Crippen molar-refractivity contribution in [2.75, 3.05) is 5.88 Å². The molecule has 0 saturated carbocycles. The van der Waals surface area contributed by atoms with Gasteiger partial charge in [-0.25, -0.2) is 4.21 Å². The summed E-state index contributed by atoms with van der Waals surface area (Å²) >= 11 is 8.58. The fourth-order valence-corrected chi connectivity index (χ4v) is 1.79. The molecule has 6 heteroatoms. The Bertz CT molecular complexity index is 174. The Labute approximate surface area is 83.7 Å². The van der Waals surface area contributed by atoms with Gasteiger partial charge >= 0.3 is 0 Å². The molecule has 12 heavy (non-hydrogen) atoms.